The van der Waals surface area contributed by atoms with Gasteiger partial charge in [0.1, 0.15) is 0 Å². The second kappa shape index (κ2) is 4.02. The molecular formula is C11H12N4O. The Kier molecular flexibility index (Phi) is 2.38. The van der Waals surface area contributed by atoms with Crippen LogP contribution in [0.5, 0.6) is 0 Å². The highest BCUT2D eigenvalue weighted by atomic mass is 16.5. The highest BCUT2D eigenvalue weighted by molar-refractivity contribution is 5.50. The maximum absolute atomic E-state index is 5.20. The molecule has 5 heteroatoms. The van der Waals surface area contributed by atoms with Crippen molar-refractivity contribution in [3.63, 3.8) is 0 Å². The topological polar surface area (TPSA) is 63.8 Å². The maximum Gasteiger partial charge on any atom is 0.259 e. The highest BCUT2D eigenvalue weighted by Crippen LogP contribution is 2.17. The van der Waals surface area contributed by atoms with Crippen molar-refractivity contribution in [2.45, 2.75) is 6.42 Å². The summed E-state index contributed by atoms with van der Waals surface area (Å²) in [6.07, 6.45) is 4.33. The summed E-state index contributed by atoms with van der Waals surface area (Å²) < 4.78 is 5.20. The lowest BCUT2D eigenvalue weighted by Gasteiger charge is -2.25. The molecule has 82 valence electrons. The molecule has 0 aromatic carbocycles. The number of nitrogens with one attached hydrogen (secondary N) is 1. The van der Waals surface area contributed by atoms with Crippen LogP contribution in [0.15, 0.2) is 29.0 Å². The molecule has 0 bridgehead atoms. The predicted molar refractivity (Wildman–Crippen MR) is 57.6 cm³/mol. The van der Waals surface area contributed by atoms with E-state index in [0.717, 1.165) is 30.9 Å². The van der Waals surface area contributed by atoms with Crippen LogP contribution in [0.3, 0.4) is 0 Å². The summed E-state index contributed by atoms with van der Waals surface area (Å²) in [7, 11) is 0. The van der Waals surface area contributed by atoms with Crippen molar-refractivity contribution in [3.8, 4) is 11.5 Å². The van der Waals surface area contributed by atoms with Crippen molar-refractivity contribution in [3.05, 3.63) is 30.4 Å². The minimum absolute atomic E-state index is 0.551. The minimum atomic E-state index is 0.551. The van der Waals surface area contributed by atoms with E-state index < -0.39 is 0 Å². The van der Waals surface area contributed by atoms with Gasteiger partial charge in [0.05, 0.1) is 5.56 Å². The van der Waals surface area contributed by atoms with Gasteiger partial charge < -0.3 is 9.84 Å². The number of pyridine rings is 1. The average molecular weight is 216 g/mol. The summed E-state index contributed by atoms with van der Waals surface area (Å²) in [6.45, 7) is 2.10. The molecule has 0 amide bonds. The molecule has 2 aromatic rings. The van der Waals surface area contributed by atoms with Gasteiger partial charge >= 0.3 is 0 Å². The van der Waals surface area contributed by atoms with Crippen molar-refractivity contribution in [2.24, 2.45) is 5.92 Å². The quantitative estimate of drug-likeness (QED) is 0.825. The Balaban J connectivity index is 1.77. The molecule has 1 saturated heterocycles. The SMILES string of the molecule is c1cncc(-c2nc(CC3CNC3)no2)c1. The molecule has 16 heavy (non-hydrogen) atoms. The highest BCUT2D eigenvalue weighted by Gasteiger charge is 2.20. The van der Waals surface area contributed by atoms with Crippen molar-refractivity contribution >= 4 is 0 Å². The van der Waals surface area contributed by atoms with E-state index in [4.69, 9.17) is 4.52 Å². The third kappa shape index (κ3) is 1.81. The van der Waals surface area contributed by atoms with E-state index in [1.165, 1.54) is 0 Å². The molecule has 0 radical (unpaired) electrons. The number of nitrogens with zero attached hydrogens (tertiary/aromatic N) is 3. The molecule has 0 spiro atoms. The fraction of sp³-hybridized carbons (Fsp3) is 0.364. The summed E-state index contributed by atoms with van der Waals surface area (Å²) in [6, 6.07) is 3.77. The molecule has 5 nitrogen and oxygen atoms in total. The summed E-state index contributed by atoms with van der Waals surface area (Å²) >= 11 is 0. The lowest BCUT2D eigenvalue weighted by Crippen LogP contribution is -2.43. The van der Waals surface area contributed by atoms with E-state index in [9.17, 15) is 0 Å². The second-order valence-corrected chi connectivity index (χ2v) is 3.99. The van der Waals surface area contributed by atoms with Crippen LogP contribution in [0.4, 0.5) is 0 Å². The third-order valence-electron chi connectivity index (χ3n) is 2.71. The number of rotatable bonds is 3. The van der Waals surface area contributed by atoms with Crippen molar-refractivity contribution in [1.82, 2.24) is 20.4 Å². The van der Waals surface area contributed by atoms with Crippen LogP contribution in [-0.2, 0) is 6.42 Å². The van der Waals surface area contributed by atoms with Crippen LogP contribution < -0.4 is 5.32 Å². The zero-order chi connectivity index (χ0) is 10.8. The second-order valence-electron chi connectivity index (χ2n) is 3.99. The Labute approximate surface area is 92.9 Å². The number of aromatic nitrogens is 3. The number of hydrogen-bond acceptors (Lipinski definition) is 5. The molecule has 2 aromatic heterocycles. The van der Waals surface area contributed by atoms with Crippen molar-refractivity contribution in [2.75, 3.05) is 13.1 Å². The fourth-order valence-electron chi connectivity index (χ4n) is 1.69. The van der Waals surface area contributed by atoms with Gasteiger partial charge in [-0.05, 0) is 31.1 Å². The number of hydrogen-bond donors (Lipinski definition) is 1. The van der Waals surface area contributed by atoms with E-state index in [1.807, 2.05) is 12.1 Å². The van der Waals surface area contributed by atoms with Crippen LogP contribution in [-0.4, -0.2) is 28.2 Å². The molecule has 0 atom stereocenters. The first kappa shape index (κ1) is 9.47. The molecule has 1 aliphatic rings. The summed E-state index contributed by atoms with van der Waals surface area (Å²) in [5, 5.41) is 7.20. The monoisotopic (exact) mass is 216 g/mol. The smallest absolute Gasteiger partial charge is 0.259 e. The van der Waals surface area contributed by atoms with Gasteiger partial charge in [-0.1, -0.05) is 5.16 Å². The largest absolute Gasteiger partial charge is 0.334 e. The Morgan fingerprint density at radius 1 is 1.44 bits per heavy atom. The van der Waals surface area contributed by atoms with E-state index in [1.54, 1.807) is 12.4 Å². The fourth-order valence-corrected chi connectivity index (χ4v) is 1.69. The van der Waals surface area contributed by atoms with Crippen LogP contribution >= 0.6 is 0 Å². The average Bonchev–Trinajstić information content (AvgIpc) is 2.73. The lowest BCUT2D eigenvalue weighted by atomic mass is 9.99. The molecule has 0 aliphatic carbocycles. The molecule has 1 aliphatic heterocycles. The molecule has 1 N–H and O–H groups in total. The first-order valence-corrected chi connectivity index (χ1v) is 5.35. The van der Waals surface area contributed by atoms with E-state index in [2.05, 4.69) is 20.4 Å². The third-order valence-corrected chi connectivity index (χ3v) is 2.71. The summed E-state index contributed by atoms with van der Waals surface area (Å²) in [4.78, 5) is 8.38. The van der Waals surface area contributed by atoms with Crippen LogP contribution in [0.2, 0.25) is 0 Å². The first-order chi connectivity index (χ1) is 7.92. The van der Waals surface area contributed by atoms with Gasteiger partial charge in [0.15, 0.2) is 5.82 Å². The minimum Gasteiger partial charge on any atom is -0.334 e. The molecule has 1 fully saturated rings. The Bertz CT molecular complexity index is 464. The van der Waals surface area contributed by atoms with Crippen LogP contribution in [0.25, 0.3) is 11.5 Å². The predicted octanol–water partition coefficient (Wildman–Crippen LogP) is 0.893. The Hall–Kier alpha value is -1.75. The van der Waals surface area contributed by atoms with Gasteiger partial charge in [-0.25, -0.2) is 0 Å². The van der Waals surface area contributed by atoms with Crippen LogP contribution in [0.1, 0.15) is 5.82 Å². The normalized spacial score (nSPS) is 16.0. The Morgan fingerprint density at radius 3 is 3.06 bits per heavy atom. The molecular weight excluding hydrogens is 204 g/mol. The zero-order valence-electron chi connectivity index (χ0n) is 8.76. The molecule has 3 heterocycles. The summed E-state index contributed by atoms with van der Waals surface area (Å²) in [5.74, 6) is 1.99. The van der Waals surface area contributed by atoms with Crippen LogP contribution in [0, 0.1) is 5.92 Å². The van der Waals surface area contributed by atoms with Gasteiger partial charge in [0, 0.05) is 18.8 Å². The summed E-state index contributed by atoms with van der Waals surface area (Å²) in [5.41, 5.74) is 0.869. The maximum atomic E-state index is 5.20. The van der Waals surface area contributed by atoms with Gasteiger partial charge in [-0.15, -0.1) is 0 Å². The van der Waals surface area contributed by atoms with Gasteiger partial charge in [0.2, 0.25) is 0 Å². The van der Waals surface area contributed by atoms with E-state index in [0.29, 0.717) is 11.8 Å². The molecule has 3 rings (SSSR count). The van der Waals surface area contributed by atoms with Gasteiger partial charge in [-0.2, -0.15) is 4.98 Å². The lowest BCUT2D eigenvalue weighted by molar-refractivity contribution is 0.333. The van der Waals surface area contributed by atoms with Crippen molar-refractivity contribution in [1.29, 1.82) is 0 Å². The van der Waals surface area contributed by atoms with Gasteiger partial charge in [0.25, 0.3) is 5.89 Å². The molecule has 0 unspecified atom stereocenters. The molecule has 0 saturated carbocycles. The van der Waals surface area contributed by atoms with E-state index in [-0.39, 0.29) is 0 Å². The zero-order valence-corrected chi connectivity index (χ0v) is 8.76. The standard InChI is InChI=1S/C11H12N4O/c1-2-9(7-12-3-1)11-14-10(15-16-11)4-8-5-13-6-8/h1-3,7-8,13H,4-6H2. The van der Waals surface area contributed by atoms with Crippen molar-refractivity contribution < 1.29 is 4.52 Å². The first-order valence-electron chi connectivity index (χ1n) is 5.35. The van der Waals surface area contributed by atoms with E-state index >= 15 is 0 Å². The Morgan fingerprint density at radius 2 is 2.38 bits per heavy atom. The van der Waals surface area contributed by atoms with Gasteiger partial charge in [-0.3, -0.25) is 4.98 Å².